The SMILES string of the molecule is CCCOc1cc(NCC2CCCCC2C)c(N)cc1F. The third-order valence-corrected chi connectivity index (χ3v) is 4.41. The van der Waals surface area contributed by atoms with Crippen LogP contribution in [0.1, 0.15) is 46.0 Å². The average molecular weight is 294 g/mol. The molecule has 1 aromatic rings. The lowest BCUT2D eigenvalue weighted by Gasteiger charge is -2.29. The quantitative estimate of drug-likeness (QED) is 0.763. The van der Waals surface area contributed by atoms with Crippen LogP contribution in [0.3, 0.4) is 0 Å². The highest BCUT2D eigenvalue weighted by Gasteiger charge is 2.21. The molecule has 1 aromatic carbocycles. The molecular formula is C17H27FN2O. The van der Waals surface area contributed by atoms with Crippen molar-refractivity contribution >= 4 is 11.4 Å². The van der Waals surface area contributed by atoms with E-state index >= 15 is 0 Å². The fraction of sp³-hybridized carbons (Fsp3) is 0.647. The minimum Gasteiger partial charge on any atom is -0.490 e. The Labute approximate surface area is 127 Å². The van der Waals surface area contributed by atoms with Crippen LogP contribution in [0.5, 0.6) is 5.75 Å². The number of nitrogen functional groups attached to an aromatic ring is 1. The van der Waals surface area contributed by atoms with Gasteiger partial charge in [-0.05, 0) is 24.7 Å². The Bertz CT molecular complexity index is 464. The molecule has 2 rings (SSSR count). The van der Waals surface area contributed by atoms with Gasteiger partial charge in [0.05, 0.1) is 18.0 Å². The number of rotatable bonds is 6. The molecule has 0 spiro atoms. The van der Waals surface area contributed by atoms with Gasteiger partial charge >= 0.3 is 0 Å². The normalized spacial score (nSPS) is 22.0. The Morgan fingerprint density at radius 1 is 1.33 bits per heavy atom. The summed E-state index contributed by atoms with van der Waals surface area (Å²) in [5, 5.41) is 3.39. The Morgan fingerprint density at radius 3 is 2.81 bits per heavy atom. The van der Waals surface area contributed by atoms with Crippen molar-refractivity contribution in [2.75, 3.05) is 24.2 Å². The zero-order chi connectivity index (χ0) is 15.2. The van der Waals surface area contributed by atoms with Gasteiger partial charge in [-0.2, -0.15) is 0 Å². The van der Waals surface area contributed by atoms with Crippen LogP contribution in [-0.2, 0) is 0 Å². The molecule has 0 aliphatic heterocycles. The fourth-order valence-corrected chi connectivity index (χ4v) is 2.98. The summed E-state index contributed by atoms with van der Waals surface area (Å²) < 4.78 is 19.2. The molecule has 1 aliphatic carbocycles. The second-order valence-corrected chi connectivity index (χ2v) is 6.12. The van der Waals surface area contributed by atoms with Crippen LogP contribution in [-0.4, -0.2) is 13.2 Å². The summed E-state index contributed by atoms with van der Waals surface area (Å²) in [4.78, 5) is 0. The van der Waals surface area contributed by atoms with Gasteiger partial charge in [-0.25, -0.2) is 4.39 Å². The van der Waals surface area contributed by atoms with Crippen LogP contribution >= 0.6 is 0 Å². The molecule has 0 bridgehead atoms. The van der Waals surface area contributed by atoms with Crippen LogP contribution in [0.15, 0.2) is 12.1 Å². The Morgan fingerprint density at radius 2 is 2.10 bits per heavy atom. The van der Waals surface area contributed by atoms with E-state index in [1.165, 1.54) is 31.7 Å². The van der Waals surface area contributed by atoms with E-state index in [2.05, 4.69) is 12.2 Å². The third kappa shape index (κ3) is 4.26. The van der Waals surface area contributed by atoms with Crippen molar-refractivity contribution in [3.63, 3.8) is 0 Å². The van der Waals surface area contributed by atoms with Crippen molar-refractivity contribution in [3.05, 3.63) is 17.9 Å². The number of anilines is 2. The molecule has 0 heterocycles. The minimum atomic E-state index is -0.391. The molecule has 21 heavy (non-hydrogen) atoms. The van der Waals surface area contributed by atoms with Gasteiger partial charge in [-0.1, -0.05) is 33.1 Å². The first-order valence-corrected chi connectivity index (χ1v) is 8.07. The average Bonchev–Trinajstić information content (AvgIpc) is 2.47. The predicted octanol–water partition coefficient (Wildman–Crippen LogP) is 4.43. The lowest BCUT2D eigenvalue weighted by molar-refractivity contribution is 0.268. The van der Waals surface area contributed by atoms with Crippen molar-refractivity contribution < 1.29 is 9.13 Å². The van der Waals surface area contributed by atoms with Gasteiger partial charge in [0.15, 0.2) is 11.6 Å². The number of benzene rings is 1. The van der Waals surface area contributed by atoms with Gasteiger partial charge in [-0.3, -0.25) is 0 Å². The van der Waals surface area contributed by atoms with Crippen LogP contribution in [0.25, 0.3) is 0 Å². The third-order valence-electron chi connectivity index (χ3n) is 4.41. The summed E-state index contributed by atoms with van der Waals surface area (Å²) in [5.74, 6) is 1.30. The lowest BCUT2D eigenvalue weighted by Crippen LogP contribution is -2.24. The predicted molar refractivity (Wildman–Crippen MR) is 86.2 cm³/mol. The van der Waals surface area contributed by atoms with E-state index in [0.29, 0.717) is 18.2 Å². The summed E-state index contributed by atoms with van der Waals surface area (Å²) in [6, 6.07) is 3.03. The van der Waals surface area contributed by atoms with Gasteiger partial charge < -0.3 is 15.8 Å². The molecular weight excluding hydrogens is 267 g/mol. The number of nitrogens with two attached hydrogens (primary N) is 1. The largest absolute Gasteiger partial charge is 0.490 e. The molecule has 1 aliphatic rings. The van der Waals surface area contributed by atoms with Crippen molar-refractivity contribution in [1.82, 2.24) is 0 Å². The molecule has 4 heteroatoms. The highest BCUT2D eigenvalue weighted by atomic mass is 19.1. The Kier molecular flexibility index (Phi) is 5.71. The fourth-order valence-electron chi connectivity index (χ4n) is 2.98. The topological polar surface area (TPSA) is 47.3 Å². The van der Waals surface area contributed by atoms with Crippen molar-refractivity contribution in [2.45, 2.75) is 46.0 Å². The smallest absolute Gasteiger partial charge is 0.167 e. The molecule has 1 fully saturated rings. The zero-order valence-corrected chi connectivity index (χ0v) is 13.1. The van der Waals surface area contributed by atoms with Crippen LogP contribution in [0.2, 0.25) is 0 Å². The number of hydrogen-bond donors (Lipinski definition) is 2. The van der Waals surface area contributed by atoms with Crippen molar-refractivity contribution in [2.24, 2.45) is 11.8 Å². The molecule has 0 amide bonds. The second kappa shape index (κ2) is 7.53. The van der Waals surface area contributed by atoms with Crippen LogP contribution in [0, 0.1) is 17.7 Å². The Hall–Kier alpha value is -1.45. The lowest BCUT2D eigenvalue weighted by atomic mass is 9.80. The maximum atomic E-state index is 13.8. The number of hydrogen-bond acceptors (Lipinski definition) is 3. The first kappa shape index (κ1) is 15.9. The van der Waals surface area contributed by atoms with Gasteiger partial charge in [-0.15, -0.1) is 0 Å². The molecule has 0 saturated heterocycles. The Balaban J connectivity index is 2.01. The van der Waals surface area contributed by atoms with Gasteiger partial charge in [0.2, 0.25) is 0 Å². The first-order valence-electron chi connectivity index (χ1n) is 8.07. The van der Waals surface area contributed by atoms with Crippen molar-refractivity contribution in [1.29, 1.82) is 0 Å². The standard InChI is InChI=1S/C17H27FN2O/c1-3-8-21-17-10-16(15(19)9-14(17)18)20-11-13-7-5-4-6-12(13)2/h9-10,12-13,20H,3-8,11,19H2,1-2H3. The molecule has 0 aromatic heterocycles. The van der Waals surface area contributed by atoms with Crippen molar-refractivity contribution in [3.8, 4) is 5.75 Å². The highest BCUT2D eigenvalue weighted by Crippen LogP contribution is 2.32. The van der Waals surface area contributed by atoms with E-state index in [4.69, 9.17) is 10.5 Å². The zero-order valence-electron chi connectivity index (χ0n) is 13.1. The van der Waals surface area contributed by atoms with E-state index < -0.39 is 5.82 Å². The molecule has 2 atom stereocenters. The van der Waals surface area contributed by atoms with E-state index in [1.807, 2.05) is 6.92 Å². The molecule has 0 radical (unpaired) electrons. The number of ether oxygens (including phenoxy) is 1. The summed E-state index contributed by atoms with van der Waals surface area (Å²) in [5.41, 5.74) is 7.13. The summed E-state index contributed by atoms with van der Waals surface area (Å²) in [6.07, 6.45) is 6.06. The minimum absolute atomic E-state index is 0.283. The number of nitrogens with one attached hydrogen (secondary N) is 1. The van der Waals surface area contributed by atoms with E-state index in [0.717, 1.165) is 24.6 Å². The maximum Gasteiger partial charge on any atom is 0.167 e. The van der Waals surface area contributed by atoms with Gasteiger partial charge in [0, 0.05) is 18.7 Å². The van der Waals surface area contributed by atoms with Crippen LogP contribution in [0.4, 0.5) is 15.8 Å². The molecule has 1 saturated carbocycles. The summed E-state index contributed by atoms with van der Waals surface area (Å²) >= 11 is 0. The molecule has 2 unspecified atom stereocenters. The highest BCUT2D eigenvalue weighted by molar-refractivity contribution is 5.68. The van der Waals surface area contributed by atoms with E-state index in [-0.39, 0.29) is 5.75 Å². The monoisotopic (exact) mass is 294 g/mol. The molecule has 118 valence electrons. The van der Waals surface area contributed by atoms with E-state index in [1.54, 1.807) is 6.07 Å². The van der Waals surface area contributed by atoms with E-state index in [9.17, 15) is 4.39 Å². The summed E-state index contributed by atoms with van der Waals surface area (Å²) in [7, 11) is 0. The summed E-state index contributed by atoms with van der Waals surface area (Å²) in [6.45, 7) is 5.72. The molecule has 3 nitrogen and oxygen atoms in total. The first-order chi connectivity index (χ1) is 10.1. The van der Waals surface area contributed by atoms with Crippen LogP contribution < -0.4 is 15.8 Å². The number of halogens is 1. The molecule has 3 N–H and O–H groups in total. The maximum absolute atomic E-state index is 13.8. The second-order valence-electron chi connectivity index (χ2n) is 6.12. The van der Waals surface area contributed by atoms with Gasteiger partial charge in [0.1, 0.15) is 0 Å². The van der Waals surface area contributed by atoms with Gasteiger partial charge in [0.25, 0.3) is 0 Å².